The number of nitrogens with zero attached hydrogens (tertiary/aromatic N) is 4. The fraction of sp³-hybridized carbons (Fsp3) is 0.368. The third-order valence-electron chi connectivity index (χ3n) is 5.24. The topological polar surface area (TPSA) is 86.4 Å². The molecule has 0 spiro atoms. The van der Waals surface area contributed by atoms with Crippen LogP contribution in [0.3, 0.4) is 0 Å². The Labute approximate surface area is 171 Å². The number of methoxy groups -OCH3 is 1. The van der Waals surface area contributed by atoms with Gasteiger partial charge in [-0.2, -0.15) is 4.31 Å². The zero-order valence-electron chi connectivity index (χ0n) is 16.2. The summed E-state index contributed by atoms with van der Waals surface area (Å²) in [5, 5.41) is 0. The highest BCUT2D eigenvalue weighted by molar-refractivity contribution is 7.89. The Morgan fingerprint density at radius 1 is 1.27 bits per heavy atom. The second-order valence-electron chi connectivity index (χ2n) is 7.02. The highest BCUT2D eigenvalue weighted by atomic mass is 32.2. The van der Waals surface area contributed by atoms with Gasteiger partial charge in [-0.25, -0.2) is 27.0 Å². The number of sulfonamides is 1. The summed E-state index contributed by atoms with van der Waals surface area (Å²) in [4.78, 5) is 16.8. The maximum absolute atomic E-state index is 14.1. The summed E-state index contributed by atoms with van der Waals surface area (Å²) < 4.78 is 62.2. The lowest BCUT2D eigenvalue weighted by atomic mass is 10.2. The van der Waals surface area contributed by atoms with Gasteiger partial charge in [0.25, 0.3) is 0 Å². The van der Waals surface area contributed by atoms with Crippen LogP contribution < -0.4 is 5.69 Å². The monoisotopic (exact) mass is 438 g/mol. The molecule has 1 atom stereocenters. The van der Waals surface area contributed by atoms with E-state index >= 15 is 0 Å². The SMILES string of the molecule is COCCn1c(=O)n(C2CCN(S(=O)(=O)c3ccc(F)cc3F)C2)c2ncccc21. The summed E-state index contributed by atoms with van der Waals surface area (Å²) in [5.41, 5.74) is 0.777. The molecular weight excluding hydrogens is 418 g/mol. The van der Waals surface area contributed by atoms with Gasteiger partial charge in [-0.3, -0.25) is 9.13 Å². The first-order valence-electron chi connectivity index (χ1n) is 9.34. The van der Waals surface area contributed by atoms with Gasteiger partial charge >= 0.3 is 5.69 Å². The van der Waals surface area contributed by atoms with Gasteiger partial charge in [-0.05, 0) is 30.7 Å². The van der Waals surface area contributed by atoms with Crippen LogP contribution in [-0.2, 0) is 21.3 Å². The smallest absolute Gasteiger partial charge is 0.330 e. The number of imidazole rings is 1. The Morgan fingerprint density at radius 3 is 2.80 bits per heavy atom. The summed E-state index contributed by atoms with van der Waals surface area (Å²) in [5.74, 6) is -2.00. The van der Waals surface area contributed by atoms with Crippen LogP contribution >= 0.6 is 0 Å². The van der Waals surface area contributed by atoms with E-state index in [1.54, 1.807) is 22.9 Å². The lowest BCUT2D eigenvalue weighted by Crippen LogP contribution is -2.33. The second-order valence-corrected chi connectivity index (χ2v) is 8.93. The predicted molar refractivity (Wildman–Crippen MR) is 105 cm³/mol. The van der Waals surface area contributed by atoms with Crippen LogP contribution in [0.5, 0.6) is 0 Å². The molecule has 1 saturated heterocycles. The Hall–Kier alpha value is -2.63. The van der Waals surface area contributed by atoms with Crippen molar-refractivity contribution < 1.29 is 21.9 Å². The molecule has 0 N–H and O–H groups in total. The van der Waals surface area contributed by atoms with Crippen LogP contribution in [0, 0.1) is 11.6 Å². The first-order chi connectivity index (χ1) is 14.3. The van der Waals surface area contributed by atoms with E-state index in [9.17, 15) is 22.0 Å². The van der Waals surface area contributed by atoms with Gasteiger partial charge in [-0.15, -0.1) is 0 Å². The molecule has 8 nitrogen and oxygen atoms in total. The number of pyridine rings is 1. The molecule has 2 aromatic heterocycles. The molecule has 3 aromatic rings. The summed E-state index contributed by atoms with van der Waals surface area (Å²) in [7, 11) is -2.63. The van der Waals surface area contributed by atoms with Crippen LogP contribution in [0.15, 0.2) is 46.2 Å². The third-order valence-corrected chi connectivity index (χ3v) is 7.14. The van der Waals surface area contributed by atoms with Gasteiger partial charge in [0.15, 0.2) is 5.65 Å². The van der Waals surface area contributed by atoms with E-state index in [2.05, 4.69) is 4.98 Å². The lowest BCUT2D eigenvalue weighted by molar-refractivity contribution is 0.187. The minimum Gasteiger partial charge on any atom is -0.383 e. The van der Waals surface area contributed by atoms with Crippen LogP contribution in [0.4, 0.5) is 8.78 Å². The van der Waals surface area contributed by atoms with E-state index in [0.29, 0.717) is 36.8 Å². The Bertz CT molecular complexity index is 1260. The fourth-order valence-electron chi connectivity index (χ4n) is 3.80. The van der Waals surface area contributed by atoms with Crippen molar-refractivity contribution in [3.05, 3.63) is 58.6 Å². The molecule has 1 aromatic carbocycles. The van der Waals surface area contributed by atoms with E-state index in [1.165, 1.54) is 11.7 Å². The van der Waals surface area contributed by atoms with Crippen molar-refractivity contribution in [1.82, 2.24) is 18.4 Å². The Morgan fingerprint density at radius 2 is 2.07 bits per heavy atom. The molecule has 1 fully saturated rings. The van der Waals surface area contributed by atoms with Crippen LogP contribution in [0.25, 0.3) is 11.2 Å². The standard InChI is InChI=1S/C19H20F2N4O4S/c1-29-10-9-24-16-3-2-7-22-18(16)25(19(24)26)14-6-8-23(12-14)30(27,28)17-5-4-13(20)11-15(17)21/h2-5,7,11,14H,6,8-10,12H2,1H3. The summed E-state index contributed by atoms with van der Waals surface area (Å²) >= 11 is 0. The number of fused-ring (bicyclic) bond motifs is 1. The predicted octanol–water partition coefficient (Wildman–Crippen LogP) is 1.76. The Balaban J connectivity index is 1.69. The van der Waals surface area contributed by atoms with Gasteiger partial charge < -0.3 is 4.74 Å². The van der Waals surface area contributed by atoms with E-state index in [-0.39, 0.29) is 18.8 Å². The minimum atomic E-state index is -4.17. The van der Waals surface area contributed by atoms with Crippen LogP contribution in [-0.4, -0.2) is 53.6 Å². The molecule has 1 aliphatic heterocycles. The zero-order chi connectivity index (χ0) is 21.5. The van der Waals surface area contributed by atoms with Crippen molar-refractivity contribution in [2.24, 2.45) is 0 Å². The number of hydrogen-bond acceptors (Lipinski definition) is 5. The van der Waals surface area contributed by atoms with E-state index in [1.807, 2.05) is 0 Å². The fourth-order valence-corrected chi connectivity index (χ4v) is 5.34. The second kappa shape index (κ2) is 7.89. The molecule has 11 heteroatoms. The highest BCUT2D eigenvalue weighted by Gasteiger charge is 2.36. The Kier molecular flexibility index (Phi) is 5.43. The summed E-state index contributed by atoms with van der Waals surface area (Å²) in [6.07, 6.45) is 1.93. The highest BCUT2D eigenvalue weighted by Crippen LogP contribution is 2.29. The maximum Gasteiger partial charge on any atom is 0.330 e. The number of hydrogen-bond donors (Lipinski definition) is 0. The first kappa shape index (κ1) is 20.6. The molecule has 0 radical (unpaired) electrons. The largest absolute Gasteiger partial charge is 0.383 e. The molecule has 1 unspecified atom stereocenters. The van der Waals surface area contributed by atoms with Gasteiger partial charge in [0.1, 0.15) is 16.5 Å². The maximum atomic E-state index is 14.1. The molecule has 160 valence electrons. The quantitative estimate of drug-likeness (QED) is 0.585. The zero-order valence-corrected chi connectivity index (χ0v) is 17.0. The molecule has 0 bridgehead atoms. The number of rotatable bonds is 6. The number of halogens is 2. The van der Waals surface area contributed by atoms with Crippen molar-refractivity contribution in [3.8, 4) is 0 Å². The first-order valence-corrected chi connectivity index (χ1v) is 10.8. The van der Waals surface area contributed by atoms with E-state index in [0.717, 1.165) is 16.4 Å². The van der Waals surface area contributed by atoms with E-state index < -0.39 is 32.6 Å². The number of aromatic nitrogens is 3. The van der Waals surface area contributed by atoms with Crippen LogP contribution in [0.2, 0.25) is 0 Å². The minimum absolute atomic E-state index is 0.0149. The molecule has 3 heterocycles. The summed E-state index contributed by atoms with van der Waals surface area (Å²) in [6, 6.07) is 5.39. The van der Waals surface area contributed by atoms with Crippen molar-refractivity contribution in [1.29, 1.82) is 0 Å². The third kappa shape index (κ3) is 3.42. The molecule has 0 amide bonds. The van der Waals surface area contributed by atoms with Gasteiger partial charge in [0.2, 0.25) is 10.0 Å². The number of ether oxygens (including phenoxy) is 1. The van der Waals surface area contributed by atoms with Gasteiger partial charge in [-0.1, -0.05) is 0 Å². The summed E-state index contributed by atoms with van der Waals surface area (Å²) in [6.45, 7) is 0.760. The molecule has 1 aliphatic rings. The lowest BCUT2D eigenvalue weighted by Gasteiger charge is -2.17. The molecule has 0 aliphatic carbocycles. The average Bonchev–Trinajstić information content (AvgIpc) is 3.29. The van der Waals surface area contributed by atoms with Gasteiger partial charge in [0, 0.05) is 32.5 Å². The number of benzene rings is 1. The van der Waals surface area contributed by atoms with Crippen molar-refractivity contribution in [3.63, 3.8) is 0 Å². The molecular formula is C19H20F2N4O4S. The van der Waals surface area contributed by atoms with Crippen LogP contribution in [0.1, 0.15) is 12.5 Å². The normalized spacial score (nSPS) is 17.8. The van der Waals surface area contributed by atoms with Crippen molar-refractivity contribution >= 4 is 21.2 Å². The van der Waals surface area contributed by atoms with Gasteiger partial charge in [0.05, 0.1) is 24.7 Å². The molecule has 4 rings (SSSR count). The molecule has 0 saturated carbocycles. The van der Waals surface area contributed by atoms with E-state index in [4.69, 9.17) is 4.74 Å². The van der Waals surface area contributed by atoms with Crippen molar-refractivity contribution in [2.45, 2.75) is 23.9 Å². The molecule has 30 heavy (non-hydrogen) atoms. The average molecular weight is 438 g/mol. The van der Waals surface area contributed by atoms with Crippen molar-refractivity contribution in [2.75, 3.05) is 26.8 Å².